The molecule has 18 heavy (non-hydrogen) atoms. The Hall–Kier alpha value is -2.23. The quantitative estimate of drug-likeness (QED) is 0.735. The topological polar surface area (TPSA) is 48.7 Å². The molecule has 4 nitrogen and oxygen atoms in total. The summed E-state index contributed by atoms with van der Waals surface area (Å²) in [6, 6.07) is 10.5. The van der Waals surface area contributed by atoms with Crippen LogP contribution in [-0.4, -0.2) is 19.0 Å². The molecule has 0 N–H and O–H groups in total. The SMILES string of the molecule is CCOc1ccccc1OCC(=O)c1ccco1. The Balaban J connectivity index is 2.00. The summed E-state index contributed by atoms with van der Waals surface area (Å²) >= 11 is 0. The van der Waals surface area contributed by atoms with Gasteiger partial charge in [0.15, 0.2) is 23.9 Å². The summed E-state index contributed by atoms with van der Waals surface area (Å²) in [4.78, 5) is 11.7. The third-order valence-electron chi connectivity index (χ3n) is 2.30. The van der Waals surface area contributed by atoms with Gasteiger partial charge in [0.1, 0.15) is 0 Å². The molecule has 94 valence electrons. The van der Waals surface area contributed by atoms with Gasteiger partial charge in [0.2, 0.25) is 5.78 Å². The maximum Gasteiger partial charge on any atom is 0.235 e. The zero-order chi connectivity index (χ0) is 12.8. The Morgan fingerprint density at radius 2 is 1.83 bits per heavy atom. The van der Waals surface area contributed by atoms with Crippen LogP contribution >= 0.6 is 0 Å². The summed E-state index contributed by atoms with van der Waals surface area (Å²) in [6.07, 6.45) is 1.46. The molecule has 0 aliphatic rings. The minimum atomic E-state index is -0.202. The van der Waals surface area contributed by atoms with Crippen molar-refractivity contribution in [2.75, 3.05) is 13.2 Å². The number of Topliss-reactive ketones (excluding diaryl/α,β-unsaturated/α-hetero) is 1. The average Bonchev–Trinajstić information content (AvgIpc) is 2.92. The maximum atomic E-state index is 11.7. The van der Waals surface area contributed by atoms with Crippen molar-refractivity contribution in [3.63, 3.8) is 0 Å². The number of carbonyl (C=O) groups is 1. The smallest absolute Gasteiger partial charge is 0.235 e. The molecule has 0 atom stereocenters. The van der Waals surface area contributed by atoms with E-state index in [1.165, 1.54) is 6.26 Å². The van der Waals surface area contributed by atoms with E-state index in [0.717, 1.165) is 0 Å². The molecule has 2 aromatic rings. The van der Waals surface area contributed by atoms with Gasteiger partial charge in [0, 0.05) is 0 Å². The van der Waals surface area contributed by atoms with Crippen molar-refractivity contribution in [2.24, 2.45) is 0 Å². The molecule has 2 rings (SSSR count). The second-order valence-electron chi connectivity index (χ2n) is 3.57. The first-order valence-electron chi connectivity index (χ1n) is 5.72. The molecule has 1 aromatic heterocycles. The van der Waals surface area contributed by atoms with Gasteiger partial charge in [-0.3, -0.25) is 4.79 Å². The largest absolute Gasteiger partial charge is 0.490 e. The van der Waals surface area contributed by atoms with Gasteiger partial charge in [-0.15, -0.1) is 0 Å². The Labute approximate surface area is 105 Å². The van der Waals surface area contributed by atoms with Gasteiger partial charge in [-0.05, 0) is 31.2 Å². The summed E-state index contributed by atoms with van der Waals surface area (Å²) in [7, 11) is 0. The Morgan fingerprint density at radius 3 is 2.44 bits per heavy atom. The van der Waals surface area contributed by atoms with Crippen molar-refractivity contribution in [3.05, 3.63) is 48.4 Å². The van der Waals surface area contributed by atoms with E-state index in [9.17, 15) is 4.79 Å². The van der Waals surface area contributed by atoms with Gasteiger partial charge in [0.25, 0.3) is 0 Å². The summed E-state index contributed by atoms with van der Waals surface area (Å²) in [5.74, 6) is 1.28. The third-order valence-corrected chi connectivity index (χ3v) is 2.30. The van der Waals surface area contributed by atoms with E-state index in [1.807, 2.05) is 19.1 Å². The molecule has 0 aliphatic carbocycles. The fraction of sp³-hybridized carbons (Fsp3) is 0.214. The number of hydrogen-bond acceptors (Lipinski definition) is 4. The van der Waals surface area contributed by atoms with Crippen LogP contribution in [0.3, 0.4) is 0 Å². The lowest BCUT2D eigenvalue weighted by atomic mass is 10.3. The molecule has 1 aromatic carbocycles. The predicted molar refractivity (Wildman–Crippen MR) is 66.1 cm³/mol. The highest BCUT2D eigenvalue weighted by Crippen LogP contribution is 2.26. The van der Waals surface area contributed by atoms with Gasteiger partial charge in [-0.2, -0.15) is 0 Å². The standard InChI is InChI=1S/C14H14O4/c1-2-16-13-6-3-4-7-14(13)18-10-11(15)12-8-5-9-17-12/h3-9H,2,10H2,1H3. The molecular formula is C14H14O4. The van der Waals surface area contributed by atoms with Crippen LogP contribution in [0.4, 0.5) is 0 Å². The van der Waals surface area contributed by atoms with Crippen LogP contribution in [0, 0.1) is 0 Å². The van der Waals surface area contributed by atoms with Crippen LogP contribution in [0.2, 0.25) is 0 Å². The van der Waals surface area contributed by atoms with Crippen LogP contribution in [-0.2, 0) is 0 Å². The van der Waals surface area contributed by atoms with E-state index >= 15 is 0 Å². The zero-order valence-corrected chi connectivity index (χ0v) is 10.1. The monoisotopic (exact) mass is 246 g/mol. The van der Waals surface area contributed by atoms with Crippen LogP contribution in [0.5, 0.6) is 11.5 Å². The van der Waals surface area contributed by atoms with E-state index in [2.05, 4.69) is 0 Å². The summed E-state index contributed by atoms with van der Waals surface area (Å²) < 4.78 is 15.8. The molecule has 0 radical (unpaired) electrons. The van der Waals surface area contributed by atoms with Gasteiger partial charge in [-0.1, -0.05) is 12.1 Å². The zero-order valence-electron chi connectivity index (χ0n) is 10.1. The van der Waals surface area contributed by atoms with Crippen molar-refractivity contribution in [1.82, 2.24) is 0 Å². The number of hydrogen-bond donors (Lipinski definition) is 0. The highest BCUT2D eigenvalue weighted by molar-refractivity contribution is 5.94. The second-order valence-corrected chi connectivity index (χ2v) is 3.57. The van der Waals surface area contributed by atoms with Crippen molar-refractivity contribution in [1.29, 1.82) is 0 Å². The highest BCUT2D eigenvalue weighted by Gasteiger charge is 2.11. The first-order chi connectivity index (χ1) is 8.81. The summed E-state index contributed by atoms with van der Waals surface area (Å²) in [5.41, 5.74) is 0. The third kappa shape index (κ3) is 2.91. The van der Waals surface area contributed by atoms with E-state index < -0.39 is 0 Å². The number of benzene rings is 1. The van der Waals surface area contributed by atoms with Crippen molar-refractivity contribution >= 4 is 5.78 Å². The first kappa shape index (κ1) is 12.2. The molecule has 0 saturated heterocycles. The number of ether oxygens (including phenoxy) is 2. The first-order valence-corrected chi connectivity index (χ1v) is 5.72. The Kier molecular flexibility index (Phi) is 4.02. The predicted octanol–water partition coefficient (Wildman–Crippen LogP) is 2.94. The van der Waals surface area contributed by atoms with E-state index in [1.54, 1.807) is 24.3 Å². The van der Waals surface area contributed by atoms with Crippen molar-refractivity contribution in [2.45, 2.75) is 6.92 Å². The lowest BCUT2D eigenvalue weighted by Gasteiger charge is -2.10. The van der Waals surface area contributed by atoms with Crippen molar-refractivity contribution in [3.8, 4) is 11.5 Å². The Bertz CT molecular complexity index is 502. The van der Waals surface area contributed by atoms with Crippen LogP contribution in [0.1, 0.15) is 17.5 Å². The number of ketones is 1. The molecule has 0 saturated carbocycles. The fourth-order valence-corrected chi connectivity index (χ4v) is 1.50. The number of rotatable bonds is 6. The van der Waals surface area contributed by atoms with Gasteiger partial charge < -0.3 is 13.9 Å². The lowest BCUT2D eigenvalue weighted by Crippen LogP contribution is -2.11. The number of para-hydroxylation sites is 2. The molecule has 0 unspecified atom stereocenters. The molecule has 0 amide bonds. The van der Waals surface area contributed by atoms with Gasteiger partial charge in [-0.25, -0.2) is 0 Å². The molecular weight excluding hydrogens is 232 g/mol. The number of furan rings is 1. The maximum absolute atomic E-state index is 11.7. The van der Waals surface area contributed by atoms with E-state index in [4.69, 9.17) is 13.9 Å². The van der Waals surface area contributed by atoms with E-state index in [0.29, 0.717) is 23.9 Å². The number of carbonyl (C=O) groups excluding carboxylic acids is 1. The minimum Gasteiger partial charge on any atom is -0.490 e. The molecule has 4 heteroatoms. The molecule has 0 aliphatic heterocycles. The highest BCUT2D eigenvalue weighted by atomic mass is 16.5. The summed E-state index contributed by atoms with van der Waals surface area (Å²) in [5, 5.41) is 0. The fourth-order valence-electron chi connectivity index (χ4n) is 1.50. The van der Waals surface area contributed by atoms with E-state index in [-0.39, 0.29) is 12.4 Å². The van der Waals surface area contributed by atoms with Crippen molar-refractivity contribution < 1.29 is 18.7 Å². The van der Waals surface area contributed by atoms with Crippen LogP contribution in [0.25, 0.3) is 0 Å². The minimum absolute atomic E-state index is 0.0718. The lowest BCUT2D eigenvalue weighted by molar-refractivity contribution is 0.0891. The van der Waals surface area contributed by atoms with Crippen LogP contribution < -0.4 is 9.47 Å². The molecule has 0 bridgehead atoms. The normalized spacial score (nSPS) is 10.1. The summed E-state index contributed by atoms with van der Waals surface area (Å²) in [6.45, 7) is 2.37. The molecule has 0 fully saturated rings. The molecule has 1 heterocycles. The average molecular weight is 246 g/mol. The second kappa shape index (κ2) is 5.91. The Morgan fingerprint density at radius 1 is 1.11 bits per heavy atom. The van der Waals surface area contributed by atoms with Gasteiger partial charge in [0.05, 0.1) is 12.9 Å². The molecule has 0 spiro atoms. The van der Waals surface area contributed by atoms with Gasteiger partial charge >= 0.3 is 0 Å². The van der Waals surface area contributed by atoms with Crippen LogP contribution in [0.15, 0.2) is 47.1 Å².